The molecule has 1 N–H and O–H groups in total. The Bertz CT molecular complexity index is 1070. The van der Waals surface area contributed by atoms with Crippen molar-refractivity contribution in [3.8, 4) is 0 Å². The van der Waals surface area contributed by atoms with E-state index < -0.39 is 10.0 Å². The maximum absolute atomic E-state index is 12.4. The first-order chi connectivity index (χ1) is 12.8. The molecular weight excluding hydrogens is 368 g/mol. The number of fused-ring (bicyclic) bond motifs is 1. The molecule has 0 amide bonds. The van der Waals surface area contributed by atoms with Gasteiger partial charge in [-0.3, -0.25) is 0 Å². The number of aromatic nitrogens is 6. The molecule has 3 aromatic rings. The van der Waals surface area contributed by atoms with Gasteiger partial charge in [0.2, 0.25) is 0 Å². The fourth-order valence-corrected chi connectivity index (χ4v) is 4.03. The smallest absolute Gasteiger partial charge is 0.259 e. The molecule has 10 nitrogen and oxygen atoms in total. The highest BCUT2D eigenvalue weighted by atomic mass is 32.2. The summed E-state index contributed by atoms with van der Waals surface area (Å²) in [6.45, 7) is 7.65. The lowest BCUT2D eigenvalue weighted by molar-refractivity contribution is 0.401. The van der Waals surface area contributed by atoms with Gasteiger partial charge in [0.05, 0.1) is 6.33 Å². The van der Waals surface area contributed by atoms with Gasteiger partial charge >= 0.3 is 0 Å². The van der Waals surface area contributed by atoms with Crippen molar-refractivity contribution in [2.45, 2.75) is 31.8 Å². The van der Waals surface area contributed by atoms with E-state index in [9.17, 15) is 8.42 Å². The second kappa shape index (κ2) is 6.57. The molecule has 0 unspecified atom stereocenters. The van der Waals surface area contributed by atoms with Gasteiger partial charge in [-0.2, -0.15) is 4.52 Å². The fourth-order valence-electron chi connectivity index (χ4n) is 2.98. The van der Waals surface area contributed by atoms with E-state index in [1.807, 2.05) is 32.9 Å². The normalized spacial score (nSPS) is 15.6. The Labute approximate surface area is 157 Å². The van der Waals surface area contributed by atoms with Crippen LogP contribution in [0.25, 0.3) is 5.65 Å². The zero-order valence-electron chi connectivity index (χ0n) is 15.4. The van der Waals surface area contributed by atoms with Crippen molar-refractivity contribution >= 4 is 21.5 Å². The van der Waals surface area contributed by atoms with E-state index in [4.69, 9.17) is 0 Å². The molecule has 3 aromatic heterocycles. The molecule has 1 fully saturated rings. The van der Waals surface area contributed by atoms with Gasteiger partial charge in [-0.15, -0.1) is 15.3 Å². The predicted molar refractivity (Wildman–Crippen MR) is 99.0 cm³/mol. The first-order valence-corrected chi connectivity index (χ1v) is 10.3. The molecular formula is C16H22N8O2S. The van der Waals surface area contributed by atoms with Gasteiger partial charge < -0.3 is 9.47 Å². The molecule has 4 rings (SSSR count). The fraction of sp³-hybridized carbons (Fsp3) is 0.500. The van der Waals surface area contributed by atoms with Crippen molar-refractivity contribution in [3.63, 3.8) is 0 Å². The largest absolute Gasteiger partial charge is 0.354 e. The maximum atomic E-state index is 12.4. The first kappa shape index (κ1) is 17.9. The van der Waals surface area contributed by atoms with Crippen LogP contribution in [0, 0.1) is 12.8 Å². The van der Waals surface area contributed by atoms with Crippen molar-refractivity contribution in [1.82, 2.24) is 34.1 Å². The van der Waals surface area contributed by atoms with Gasteiger partial charge in [0.1, 0.15) is 5.82 Å². The van der Waals surface area contributed by atoms with Crippen molar-refractivity contribution in [2.75, 3.05) is 24.5 Å². The zero-order valence-corrected chi connectivity index (χ0v) is 16.3. The van der Waals surface area contributed by atoms with Gasteiger partial charge in [0, 0.05) is 37.8 Å². The predicted octanol–water partition coefficient (Wildman–Crippen LogP) is 0.625. The van der Waals surface area contributed by atoms with Gasteiger partial charge in [0.15, 0.2) is 16.5 Å². The van der Waals surface area contributed by atoms with E-state index in [0.29, 0.717) is 12.2 Å². The van der Waals surface area contributed by atoms with E-state index in [-0.39, 0.29) is 17.0 Å². The highest BCUT2D eigenvalue weighted by Gasteiger charge is 2.30. The molecule has 0 bridgehead atoms. The van der Waals surface area contributed by atoms with E-state index >= 15 is 0 Å². The Morgan fingerprint density at radius 1 is 1.26 bits per heavy atom. The molecule has 11 heteroatoms. The number of aryl methyl sites for hydroxylation is 1. The van der Waals surface area contributed by atoms with Crippen molar-refractivity contribution in [2.24, 2.45) is 5.92 Å². The highest BCUT2D eigenvalue weighted by Crippen LogP contribution is 2.23. The lowest BCUT2D eigenvalue weighted by atomic mass is 10.0. The van der Waals surface area contributed by atoms with Crippen LogP contribution in [-0.4, -0.2) is 57.4 Å². The molecule has 4 heterocycles. The number of hydrogen-bond acceptors (Lipinski definition) is 7. The van der Waals surface area contributed by atoms with Gasteiger partial charge in [-0.05, 0) is 32.9 Å². The molecule has 0 aromatic carbocycles. The zero-order chi connectivity index (χ0) is 19.2. The van der Waals surface area contributed by atoms with Crippen LogP contribution in [0.1, 0.15) is 25.7 Å². The second-order valence-corrected chi connectivity index (χ2v) is 8.80. The van der Waals surface area contributed by atoms with Crippen LogP contribution in [0.15, 0.2) is 29.7 Å². The molecule has 144 valence electrons. The van der Waals surface area contributed by atoms with Crippen LogP contribution in [0.5, 0.6) is 0 Å². The topological polar surface area (TPSA) is 110 Å². The monoisotopic (exact) mass is 390 g/mol. The molecule has 0 saturated carbocycles. The Kier molecular flexibility index (Phi) is 4.35. The average molecular weight is 390 g/mol. The summed E-state index contributed by atoms with van der Waals surface area (Å²) in [5.41, 5.74) is 0.710. The quantitative estimate of drug-likeness (QED) is 0.657. The van der Waals surface area contributed by atoms with Crippen LogP contribution in [-0.2, 0) is 10.0 Å². The number of nitrogens with zero attached hydrogens (tertiary/aromatic N) is 7. The second-order valence-electron chi connectivity index (χ2n) is 7.08. The molecule has 27 heavy (non-hydrogen) atoms. The molecule has 0 aliphatic carbocycles. The maximum Gasteiger partial charge on any atom is 0.259 e. The van der Waals surface area contributed by atoms with Gasteiger partial charge in [-0.1, -0.05) is 0 Å². The molecule has 1 saturated heterocycles. The summed E-state index contributed by atoms with van der Waals surface area (Å²) < 4.78 is 30.9. The summed E-state index contributed by atoms with van der Waals surface area (Å²) in [7, 11) is -3.59. The highest BCUT2D eigenvalue weighted by molar-refractivity contribution is 7.89. The number of nitrogens with one attached hydrogen (secondary N) is 1. The minimum atomic E-state index is -3.59. The Morgan fingerprint density at radius 2 is 2.04 bits per heavy atom. The number of rotatable bonds is 6. The lowest BCUT2D eigenvalue weighted by Crippen LogP contribution is -2.52. The Hall–Kier alpha value is -2.53. The van der Waals surface area contributed by atoms with E-state index in [2.05, 4.69) is 29.9 Å². The van der Waals surface area contributed by atoms with Gasteiger partial charge in [-0.25, -0.2) is 18.1 Å². The van der Waals surface area contributed by atoms with Crippen LogP contribution in [0.2, 0.25) is 0 Å². The third-order valence-electron chi connectivity index (χ3n) is 4.70. The summed E-state index contributed by atoms with van der Waals surface area (Å²) in [5, 5.41) is 12.6. The molecule has 1 aliphatic rings. The number of hydrogen-bond donors (Lipinski definition) is 1. The van der Waals surface area contributed by atoms with E-state index in [1.54, 1.807) is 21.6 Å². The van der Waals surface area contributed by atoms with Crippen LogP contribution < -0.4 is 9.62 Å². The van der Waals surface area contributed by atoms with Crippen LogP contribution in [0.4, 0.5) is 5.82 Å². The third kappa shape index (κ3) is 3.39. The molecule has 1 aliphatic heterocycles. The minimum Gasteiger partial charge on any atom is -0.354 e. The summed E-state index contributed by atoms with van der Waals surface area (Å²) >= 11 is 0. The third-order valence-corrected chi connectivity index (χ3v) is 6.01. The number of sulfonamides is 1. The van der Waals surface area contributed by atoms with Crippen molar-refractivity contribution in [3.05, 3.63) is 30.5 Å². The summed E-state index contributed by atoms with van der Waals surface area (Å²) in [5.74, 6) is 1.80. The number of anilines is 1. The van der Waals surface area contributed by atoms with Crippen LogP contribution >= 0.6 is 0 Å². The average Bonchev–Trinajstić information content (AvgIpc) is 3.22. The standard InChI is InChI=1S/C16H22N8O2S/c1-11(2)23-9-16(17-10-23)27(25,26)18-6-13-7-22(8-13)15-5-4-14-20-19-12(3)24(14)21-15/h4-5,9-11,13,18H,6-8H2,1-3H3. The molecule has 0 spiro atoms. The lowest BCUT2D eigenvalue weighted by Gasteiger charge is -2.40. The number of imidazole rings is 1. The first-order valence-electron chi connectivity index (χ1n) is 8.80. The van der Waals surface area contributed by atoms with Crippen molar-refractivity contribution < 1.29 is 8.42 Å². The Morgan fingerprint density at radius 3 is 2.74 bits per heavy atom. The molecule has 0 atom stereocenters. The van der Waals surface area contributed by atoms with E-state index in [0.717, 1.165) is 24.7 Å². The van der Waals surface area contributed by atoms with Crippen molar-refractivity contribution in [1.29, 1.82) is 0 Å². The molecule has 0 radical (unpaired) electrons. The Balaban J connectivity index is 1.35. The minimum absolute atomic E-state index is 0.0579. The van der Waals surface area contributed by atoms with E-state index in [1.165, 1.54) is 0 Å². The van der Waals surface area contributed by atoms with Crippen LogP contribution in [0.3, 0.4) is 0 Å². The summed E-state index contributed by atoms with van der Waals surface area (Å²) in [6, 6.07) is 3.95. The van der Waals surface area contributed by atoms with Gasteiger partial charge in [0.25, 0.3) is 10.0 Å². The summed E-state index contributed by atoms with van der Waals surface area (Å²) in [4.78, 5) is 6.11. The SMILES string of the molecule is Cc1nnc2ccc(N3CC(CNS(=O)(=O)c4cn(C(C)C)cn4)C3)nn12. The summed E-state index contributed by atoms with van der Waals surface area (Å²) in [6.07, 6.45) is 3.10.